The fraction of sp³-hybridized carbons (Fsp3) is 0.375. The first kappa shape index (κ1) is 9.72. The Morgan fingerprint density at radius 3 is 2.75 bits per heavy atom. The topological polar surface area (TPSA) is 35.8 Å². The molecule has 1 aromatic rings. The normalized spacial score (nSPS) is 12.5. The molecule has 1 heterocycles. The number of nitriles is 1. The molecule has 0 fully saturated rings. The molecule has 64 valence electrons. The number of halogens is 1. The molecule has 1 aromatic heterocycles. The monoisotopic (exact) mass is 244 g/mol. The molecule has 4 heteroatoms. The van der Waals surface area contributed by atoms with E-state index in [4.69, 9.17) is 5.26 Å². The van der Waals surface area contributed by atoms with Crippen molar-refractivity contribution in [3.8, 4) is 6.07 Å². The Bertz CT molecular complexity index is 294. The van der Waals surface area contributed by atoms with Gasteiger partial charge in [-0.1, -0.05) is 0 Å². The highest BCUT2D eigenvalue weighted by Crippen LogP contribution is 2.29. The smallest absolute Gasteiger partial charge is 0.130 e. The summed E-state index contributed by atoms with van der Waals surface area (Å²) in [6, 6.07) is 4.00. The van der Waals surface area contributed by atoms with Crippen LogP contribution in [0.3, 0.4) is 0 Å². The van der Waals surface area contributed by atoms with Gasteiger partial charge in [0.1, 0.15) is 6.04 Å². The van der Waals surface area contributed by atoms with Crippen molar-refractivity contribution in [1.82, 2.24) is 5.32 Å². The Morgan fingerprint density at radius 1 is 1.75 bits per heavy atom. The van der Waals surface area contributed by atoms with E-state index in [1.54, 1.807) is 18.4 Å². The molecule has 0 aliphatic rings. The van der Waals surface area contributed by atoms with E-state index in [0.717, 1.165) is 9.35 Å². The van der Waals surface area contributed by atoms with Crippen molar-refractivity contribution < 1.29 is 0 Å². The zero-order chi connectivity index (χ0) is 9.14. The summed E-state index contributed by atoms with van der Waals surface area (Å²) in [5, 5.41) is 11.7. The molecule has 0 saturated heterocycles. The zero-order valence-corrected chi connectivity index (χ0v) is 9.29. The van der Waals surface area contributed by atoms with Crippen LogP contribution in [0.1, 0.15) is 15.8 Å². The number of nitrogens with one attached hydrogen (secondary N) is 1. The second-order valence-corrected chi connectivity index (χ2v) is 4.55. The van der Waals surface area contributed by atoms with Gasteiger partial charge in [0, 0.05) is 14.2 Å². The Labute approximate surface area is 84.3 Å². The van der Waals surface area contributed by atoms with Crippen molar-refractivity contribution in [2.24, 2.45) is 0 Å². The van der Waals surface area contributed by atoms with Crippen molar-refractivity contribution in [1.29, 1.82) is 5.26 Å². The molecule has 1 rings (SSSR count). The summed E-state index contributed by atoms with van der Waals surface area (Å²) < 4.78 is 1.08. The highest BCUT2D eigenvalue weighted by Gasteiger charge is 2.11. The van der Waals surface area contributed by atoms with Gasteiger partial charge in [-0.2, -0.15) is 5.26 Å². The maximum atomic E-state index is 8.76. The summed E-state index contributed by atoms with van der Waals surface area (Å²) in [4.78, 5) is 2.27. The Morgan fingerprint density at radius 2 is 2.42 bits per heavy atom. The fourth-order valence-electron chi connectivity index (χ4n) is 0.894. The first-order valence-electron chi connectivity index (χ1n) is 3.51. The van der Waals surface area contributed by atoms with Crippen LogP contribution in [0.2, 0.25) is 0 Å². The molecule has 0 bridgehead atoms. The summed E-state index contributed by atoms with van der Waals surface area (Å²) in [6.45, 7) is 2.03. The Balaban J connectivity index is 2.96. The van der Waals surface area contributed by atoms with Crippen LogP contribution in [0.25, 0.3) is 0 Å². The van der Waals surface area contributed by atoms with Gasteiger partial charge < -0.3 is 5.32 Å². The molecule has 2 nitrogen and oxygen atoms in total. The SMILES string of the molecule is CNC(C#N)c1cc(Br)c(C)s1. The molecular formula is C8H9BrN2S. The van der Waals surface area contributed by atoms with E-state index in [-0.39, 0.29) is 6.04 Å². The van der Waals surface area contributed by atoms with Crippen molar-refractivity contribution in [2.75, 3.05) is 7.05 Å². The number of hydrogen-bond acceptors (Lipinski definition) is 3. The van der Waals surface area contributed by atoms with Crippen molar-refractivity contribution in [3.63, 3.8) is 0 Å². The van der Waals surface area contributed by atoms with Gasteiger partial charge in [0.25, 0.3) is 0 Å². The minimum atomic E-state index is -0.181. The molecule has 0 radical (unpaired) electrons. The standard InChI is InChI=1S/C8H9BrN2S/c1-5-6(9)3-8(12-5)7(4-10)11-2/h3,7,11H,1-2H3. The van der Waals surface area contributed by atoms with Gasteiger partial charge in [-0.15, -0.1) is 11.3 Å². The lowest BCUT2D eigenvalue weighted by Gasteiger charge is -2.02. The lowest BCUT2D eigenvalue weighted by atomic mass is 10.3. The van der Waals surface area contributed by atoms with E-state index < -0.39 is 0 Å². The highest BCUT2D eigenvalue weighted by atomic mass is 79.9. The summed E-state index contributed by atoms with van der Waals surface area (Å²) in [7, 11) is 1.79. The van der Waals surface area contributed by atoms with Crippen LogP contribution in [-0.4, -0.2) is 7.05 Å². The molecule has 1 atom stereocenters. The molecule has 1 N–H and O–H groups in total. The van der Waals surface area contributed by atoms with Gasteiger partial charge in [0.15, 0.2) is 0 Å². The van der Waals surface area contributed by atoms with E-state index in [1.165, 1.54) is 4.88 Å². The van der Waals surface area contributed by atoms with Gasteiger partial charge in [0.2, 0.25) is 0 Å². The molecule has 0 aliphatic carbocycles. The summed E-state index contributed by atoms with van der Waals surface area (Å²) in [5.74, 6) is 0. The zero-order valence-electron chi connectivity index (χ0n) is 6.89. The largest absolute Gasteiger partial charge is 0.301 e. The van der Waals surface area contributed by atoms with Crippen LogP contribution in [0.15, 0.2) is 10.5 Å². The fourth-order valence-corrected chi connectivity index (χ4v) is 2.51. The van der Waals surface area contributed by atoms with Crippen LogP contribution in [0.4, 0.5) is 0 Å². The maximum Gasteiger partial charge on any atom is 0.130 e. The lowest BCUT2D eigenvalue weighted by molar-refractivity contribution is 0.739. The van der Waals surface area contributed by atoms with Crippen LogP contribution in [-0.2, 0) is 0 Å². The predicted molar refractivity (Wildman–Crippen MR) is 54.2 cm³/mol. The molecule has 0 saturated carbocycles. The Hall–Kier alpha value is -0.370. The van der Waals surface area contributed by atoms with Crippen molar-refractivity contribution in [3.05, 3.63) is 20.3 Å². The number of thiophene rings is 1. The van der Waals surface area contributed by atoms with E-state index in [9.17, 15) is 0 Å². The van der Waals surface area contributed by atoms with Crippen molar-refractivity contribution in [2.45, 2.75) is 13.0 Å². The van der Waals surface area contributed by atoms with Gasteiger partial charge in [-0.3, -0.25) is 0 Å². The lowest BCUT2D eigenvalue weighted by Crippen LogP contribution is -2.12. The van der Waals surface area contributed by atoms with Gasteiger partial charge in [-0.05, 0) is 36.0 Å². The molecular weight excluding hydrogens is 236 g/mol. The molecule has 0 aromatic carbocycles. The van der Waals surface area contributed by atoms with Gasteiger partial charge in [-0.25, -0.2) is 0 Å². The van der Waals surface area contributed by atoms with Crippen LogP contribution in [0.5, 0.6) is 0 Å². The van der Waals surface area contributed by atoms with Gasteiger partial charge >= 0.3 is 0 Å². The van der Waals surface area contributed by atoms with Gasteiger partial charge in [0.05, 0.1) is 6.07 Å². The van der Waals surface area contributed by atoms with Crippen LogP contribution in [0, 0.1) is 18.3 Å². The van der Waals surface area contributed by atoms with Crippen LogP contribution >= 0.6 is 27.3 Å². The highest BCUT2D eigenvalue weighted by molar-refractivity contribution is 9.10. The third-order valence-corrected chi connectivity index (χ3v) is 3.78. The average molecular weight is 245 g/mol. The molecule has 0 spiro atoms. The van der Waals surface area contributed by atoms with Crippen molar-refractivity contribution >= 4 is 27.3 Å². The average Bonchev–Trinajstić information content (AvgIpc) is 2.35. The van der Waals surface area contributed by atoms with E-state index >= 15 is 0 Å². The van der Waals surface area contributed by atoms with E-state index in [2.05, 4.69) is 27.3 Å². The Kier molecular flexibility index (Phi) is 3.27. The second-order valence-electron chi connectivity index (χ2n) is 2.40. The second kappa shape index (κ2) is 4.04. The number of nitrogens with zero attached hydrogens (tertiary/aromatic N) is 1. The van der Waals surface area contributed by atoms with Crippen LogP contribution < -0.4 is 5.32 Å². The third kappa shape index (κ3) is 1.86. The third-order valence-electron chi connectivity index (χ3n) is 1.58. The molecule has 0 aliphatic heterocycles. The molecule has 1 unspecified atom stereocenters. The predicted octanol–water partition coefficient (Wildman–Crippen LogP) is 2.60. The number of aryl methyl sites for hydroxylation is 1. The number of hydrogen-bond donors (Lipinski definition) is 1. The minimum Gasteiger partial charge on any atom is -0.301 e. The summed E-state index contributed by atoms with van der Waals surface area (Å²) >= 11 is 5.06. The summed E-state index contributed by atoms with van der Waals surface area (Å²) in [5.41, 5.74) is 0. The first-order chi connectivity index (χ1) is 5.69. The maximum absolute atomic E-state index is 8.76. The van der Waals surface area contributed by atoms with E-state index in [1.807, 2.05) is 13.0 Å². The van der Waals surface area contributed by atoms with E-state index in [0.29, 0.717) is 0 Å². The number of rotatable bonds is 2. The molecule has 12 heavy (non-hydrogen) atoms. The summed E-state index contributed by atoms with van der Waals surface area (Å²) in [6.07, 6.45) is 0. The minimum absolute atomic E-state index is 0.181. The quantitative estimate of drug-likeness (QED) is 0.869. The first-order valence-corrected chi connectivity index (χ1v) is 5.12. The molecule has 0 amide bonds.